The van der Waals surface area contributed by atoms with Gasteiger partial charge in [0.15, 0.2) is 0 Å². The first-order valence-electron chi connectivity index (χ1n) is 4.10. The van der Waals surface area contributed by atoms with Gasteiger partial charge in [-0.1, -0.05) is 11.6 Å². The molecule has 0 unspecified atom stereocenters. The molecule has 5 heteroatoms. The highest BCUT2D eigenvalue weighted by Crippen LogP contribution is 2.29. The predicted molar refractivity (Wildman–Crippen MR) is 65.2 cm³/mol. The fraction of sp³-hybridized carbons (Fsp3) is 0. The largest absolute Gasteiger partial charge is 0.249 e. The number of hydrogen-bond acceptors (Lipinski definition) is 2. The van der Waals surface area contributed by atoms with Crippen LogP contribution in [0.1, 0.15) is 0 Å². The molecule has 0 aliphatic carbocycles. The van der Waals surface area contributed by atoms with Gasteiger partial charge in [-0.15, -0.1) is 0 Å². The van der Waals surface area contributed by atoms with Crippen molar-refractivity contribution in [1.82, 2.24) is 9.97 Å². The van der Waals surface area contributed by atoms with Crippen molar-refractivity contribution in [2.24, 2.45) is 0 Å². The average molecular weight is 335 g/mol. The van der Waals surface area contributed by atoms with Crippen LogP contribution in [-0.4, -0.2) is 9.97 Å². The lowest BCUT2D eigenvalue weighted by molar-refractivity contribution is 0.584. The first-order chi connectivity index (χ1) is 7.18. The van der Waals surface area contributed by atoms with Crippen molar-refractivity contribution in [3.63, 3.8) is 0 Å². The van der Waals surface area contributed by atoms with Gasteiger partial charge in [-0.3, -0.25) is 0 Å². The Kier molecular flexibility index (Phi) is 3.16. The van der Waals surface area contributed by atoms with E-state index in [1.165, 1.54) is 12.3 Å². The van der Waals surface area contributed by atoms with E-state index in [1.807, 2.05) is 22.6 Å². The van der Waals surface area contributed by atoms with E-state index in [9.17, 15) is 4.39 Å². The van der Waals surface area contributed by atoms with Gasteiger partial charge in [-0.05, 0) is 40.8 Å². The highest BCUT2D eigenvalue weighted by atomic mass is 127. The Balaban J connectivity index is 2.54. The van der Waals surface area contributed by atoms with Gasteiger partial charge in [-0.25, -0.2) is 9.97 Å². The van der Waals surface area contributed by atoms with Crippen LogP contribution in [0.4, 0.5) is 4.39 Å². The Hall–Kier alpha value is -0.750. The lowest BCUT2D eigenvalue weighted by atomic mass is 10.1. The number of hydrogen-bond donors (Lipinski definition) is 0. The van der Waals surface area contributed by atoms with Crippen molar-refractivity contribution in [3.05, 3.63) is 45.3 Å². The third-order valence-electron chi connectivity index (χ3n) is 1.89. The number of nitrogens with zero attached hydrogens (tertiary/aromatic N) is 2. The molecule has 0 aromatic carbocycles. The topological polar surface area (TPSA) is 25.8 Å². The van der Waals surface area contributed by atoms with Crippen LogP contribution in [0.15, 0.2) is 30.6 Å². The maximum absolute atomic E-state index is 12.6. The smallest absolute Gasteiger partial charge is 0.212 e. The Bertz CT molecular complexity index is 487. The molecule has 0 saturated heterocycles. The summed E-state index contributed by atoms with van der Waals surface area (Å²) in [6, 6.07) is 4.72. The summed E-state index contributed by atoms with van der Waals surface area (Å²) in [5, 5.41) is 0.562. The number of pyridine rings is 2. The van der Waals surface area contributed by atoms with Crippen molar-refractivity contribution in [3.8, 4) is 11.1 Å². The fourth-order valence-corrected chi connectivity index (χ4v) is 1.85. The minimum atomic E-state index is -0.501. The molecular weight excluding hydrogens is 329 g/mol. The Morgan fingerprint density at radius 2 is 2.00 bits per heavy atom. The second-order valence-electron chi connectivity index (χ2n) is 2.83. The standard InChI is InChI=1S/C10H5ClFIN2/c11-9-7(3-4-14-10(9)13)6-1-2-8(12)15-5-6/h1-5H. The van der Waals surface area contributed by atoms with Crippen molar-refractivity contribution in [2.45, 2.75) is 0 Å². The normalized spacial score (nSPS) is 10.3. The molecule has 2 heterocycles. The summed E-state index contributed by atoms with van der Waals surface area (Å²) in [6.07, 6.45) is 3.11. The van der Waals surface area contributed by atoms with Crippen molar-refractivity contribution in [1.29, 1.82) is 0 Å². The van der Waals surface area contributed by atoms with E-state index in [4.69, 9.17) is 11.6 Å². The second-order valence-corrected chi connectivity index (χ2v) is 4.23. The molecule has 76 valence electrons. The first kappa shape index (κ1) is 10.8. The molecule has 15 heavy (non-hydrogen) atoms. The predicted octanol–water partition coefficient (Wildman–Crippen LogP) is 3.54. The zero-order chi connectivity index (χ0) is 10.8. The summed E-state index contributed by atoms with van der Waals surface area (Å²) in [6.45, 7) is 0. The molecule has 0 spiro atoms. The molecule has 0 bridgehead atoms. The molecule has 2 aromatic heterocycles. The molecule has 0 aliphatic heterocycles. The van der Waals surface area contributed by atoms with Crippen LogP contribution in [-0.2, 0) is 0 Å². The van der Waals surface area contributed by atoms with Crippen LogP contribution >= 0.6 is 34.2 Å². The monoisotopic (exact) mass is 334 g/mol. The Labute approximate surface area is 105 Å². The van der Waals surface area contributed by atoms with E-state index in [2.05, 4.69) is 9.97 Å². The molecule has 0 radical (unpaired) electrons. The van der Waals surface area contributed by atoms with Crippen LogP contribution in [0.25, 0.3) is 11.1 Å². The minimum Gasteiger partial charge on any atom is -0.249 e. The van der Waals surface area contributed by atoms with Gasteiger partial charge in [0.05, 0.1) is 5.02 Å². The summed E-state index contributed by atoms with van der Waals surface area (Å²) < 4.78 is 13.3. The van der Waals surface area contributed by atoms with E-state index < -0.39 is 5.95 Å². The first-order valence-corrected chi connectivity index (χ1v) is 5.56. The zero-order valence-electron chi connectivity index (χ0n) is 7.42. The molecular formula is C10H5ClFIN2. The van der Waals surface area contributed by atoms with Crippen LogP contribution in [0.2, 0.25) is 5.02 Å². The van der Waals surface area contributed by atoms with Crippen LogP contribution in [0, 0.1) is 9.65 Å². The second kappa shape index (κ2) is 4.40. The molecule has 0 atom stereocenters. The zero-order valence-corrected chi connectivity index (χ0v) is 10.3. The number of halogens is 3. The van der Waals surface area contributed by atoms with E-state index in [0.29, 0.717) is 5.02 Å². The Morgan fingerprint density at radius 3 is 2.67 bits per heavy atom. The highest BCUT2D eigenvalue weighted by molar-refractivity contribution is 14.1. The molecule has 0 saturated carbocycles. The molecule has 2 aromatic rings. The van der Waals surface area contributed by atoms with Gasteiger partial charge >= 0.3 is 0 Å². The Morgan fingerprint density at radius 1 is 1.20 bits per heavy atom. The molecule has 0 fully saturated rings. The van der Waals surface area contributed by atoms with Gasteiger partial charge in [0.2, 0.25) is 5.95 Å². The van der Waals surface area contributed by atoms with Gasteiger partial charge < -0.3 is 0 Å². The summed E-state index contributed by atoms with van der Waals surface area (Å²) >= 11 is 8.12. The molecule has 0 aliphatic rings. The third kappa shape index (κ3) is 2.26. The number of rotatable bonds is 1. The van der Waals surface area contributed by atoms with Crippen LogP contribution < -0.4 is 0 Å². The van der Waals surface area contributed by atoms with Crippen molar-refractivity contribution >= 4 is 34.2 Å². The summed E-state index contributed by atoms with van der Waals surface area (Å²) in [4.78, 5) is 7.62. The lowest BCUT2D eigenvalue weighted by Crippen LogP contribution is -1.88. The van der Waals surface area contributed by atoms with Crippen LogP contribution in [0.5, 0.6) is 0 Å². The minimum absolute atomic E-state index is 0.501. The summed E-state index contributed by atoms with van der Waals surface area (Å²) in [5.74, 6) is -0.501. The maximum Gasteiger partial charge on any atom is 0.212 e. The van der Waals surface area contributed by atoms with Gasteiger partial charge in [0, 0.05) is 23.5 Å². The van der Waals surface area contributed by atoms with Gasteiger partial charge in [-0.2, -0.15) is 4.39 Å². The molecule has 2 rings (SSSR count). The summed E-state index contributed by atoms with van der Waals surface area (Å²) in [5.41, 5.74) is 1.59. The summed E-state index contributed by atoms with van der Waals surface area (Å²) in [7, 11) is 0. The van der Waals surface area contributed by atoms with E-state index in [0.717, 1.165) is 14.8 Å². The molecule has 0 amide bonds. The highest BCUT2D eigenvalue weighted by Gasteiger charge is 2.07. The van der Waals surface area contributed by atoms with Gasteiger partial charge in [0.1, 0.15) is 3.70 Å². The average Bonchev–Trinajstić information content (AvgIpc) is 2.24. The lowest BCUT2D eigenvalue weighted by Gasteiger charge is -2.04. The maximum atomic E-state index is 12.6. The molecule has 2 nitrogen and oxygen atoms in total. The quantitative estimate of drug-likeness (QED) is 0.589. The van der Waals surface area contributed by atoms with Crippen molar-refractivity contribution < 1.29 is 4.39 Å². The van der Waals surface area contributed by atoms with Crippen molar-refractivity contribution in [2.75, 3.05) is 0 Å². The van der Waals surface area contributed by atoms with E-state index >= 15 is 0 Å². The third-order valence-corrected chi connectivity index (χ3v) is 3.40. The van der Waals surface area contributed by atoms with E-state index in [1.54, 1.807) is 18.3 Å². The SMILES string of the molecule is Fc1ccc(-c2ccnc(I)c2Cl)cn1. The van der Waals surface area contributed by atoms with E-state index in [-0.39, 0.29) is 0 Å². The molecule has 0 N–H and O–H groups in total. The number of aromatic nitrogens is 2. The fourth-order valence-electron chi connectivity index (χ4n) is 1.18. The van der Waals surface area contributed by atoms with Crippen LogP contribution in [0.3, 0.4) is 0 Å². The van der Waals surface area contributed by atoms with Gasteiger partial charge in [0.25, 0.3) is 0 Å².